The highest BCUT2D eigenvalue weighted by Gasteiger charge is 2.29. The number of hydrogen-bond acceptors (Lipinski definition) is 5. The van der Waals surface area contributed by atoms with Crippen molar-refractivity contribution in [1.29, 1.82) is 5.26 Å². The molecule has 0 saturated carbocycles. The number of benzene rings is 1. The SMILES string of the molecule is CCCCNC(=O)CSC1=C(C#N)[C@H](c2ccc(OC)cc2)CC(=O)N1. The van der Waals surface area contributed by atoms with Gasteiger partial charge < -0.3 is 15.4 Å². The number of amides is 2. The van der Waals surface area contributed by atoms with Crippen LogP contribution in [0, 0.1) is 11.3 Å². The van der Waals surface area contributed by atoms with Crippen LogP contribution in [0.2, 0.25) is 0 Å². The highest BCUT2D eigenvalue weighted by Crippen LogP contribution is 2.36. The lowest BCUT2D eigenvalue weighted by atomic mass is 9.87. The van der Waals surface area contributed by atoms with Crippen LogP contribution in [0.4, 0.5) is 0 Å². The predicted octanol–water partition coefficient (Wildman–Crippen LogP) is 2.68. The Kier molecular flexibility index (Phi) is 7.54. The fraction of sp³-hybridized carbons (Fsp3) is 0.421. The number of carbonyl (C=O) groups is 2. The van der Waals surface area contributed by atoms with E-state index in [2.05, 4.69) is 23.6 Å². The smallest absolute Gasteiger partial charge is 0.230 e. The number of thioether (sulfide) groups is 1. The molecule has 0 saturated heterocycles. The highest BCUT2D eigenvalue weighted by atomic mass is 32.2. The van der Waals surface area contributed by atoms with Gasteiger partial charge in [0.2, 0.25) is 11.8 Å². The van der Waals surface area contributed by atoms with Crippen LogP contribution in [0.1, 0.15) is 37.7 Å². The predicted molar refractivity (Wildman–Crippen MR) is 102 cm³/mol. The van der Waals surface area contributed by atoms with E-state index in [9.17, 15) is 14.9 Å². The molecule has 0 fully saturated rings. The molecule has 26 heavy (non-hydrogen) atoms. The monoisotopic (exact) mass is 373 g/mol. The highest BCUT2D eigenvalue weighted by molar-refractivity contribution is 8.03. The third-order valence-corrected chi connectivity index (χ3v) is 5.09. The molecule has 138 valence electrons. The molecular weight excluding hydrogens is 350 g/mol. The largest absolute Gasteiger partial charge is 0.497 e. The average Bonchev–Trinajstić information content (AvgIpc) is 2.66. The molecule has 1 heterocycles. The number of methoxy groups -OCH3 is 1. The molecule has 1 aromatic carbocycles. The number of ether oxygens (including phenoxy) is 1. The summed E-state index contributed by atoms with van der Waals surface area (Å²) in [5.74, 6) is 0.313. The van der Waals surface area contributed by atoms with Crippen molar-refractivity contribution in [3.8, 4) is 11.8 Å². The van der Waals surface area contributed by atoms with Gasteiger partial charge in [-0.1, -0.05) is 37.2 Å². The van der Waals surface area contributed by atoms with Crippen LogP contribution < -0.4 is 15.4 Å². The van der Waals surface area contributed by atoms with Gasteiger partial charge in [0.25, 0.3) is 0 Å². The lowest BCUT2D eigenvalue weighted by molar-refractivity contribution is -0.121. The van der Waals surface area contributed by atoms with Gasteiger partial charge in [0, 0.05) is 18.9 Å². The van der Waals surface area contributed by atoms with Crippen LogP contribution >= 0.6 is 11.8 Å². The van der Waals surface area contributed by atoms with E-state index in [-0.39, 0.29) is 29.9 Å². The van der Waals surface area contributed by atoms with E-state index >= 15 is 0 Å². The molecule has 7 heteroatoms. The first-order valence-corrected chi connectivity index (χ1v) is 9.55. The normalized spacial score (nSPS) is 16.7. The molecule has 2 rings (SSSR count). The molecular formula is C19H23N3O3S. The van der Waals surface area contributed by atoms with Crippen molar-refractivity contribution in [1.82, 2.24) is 10.6 Å². The zero-order valence-electron chi connectivity index (χ0n) is 15.0. The second kappa shape index (κ2) is 9.88. The molecule has 1 atom stereocenters. The van der Waals surface area contributed by atoms with Gasteiger partial charge in [-0.3, -0.25) is 9.59 Å². The number of hydrogen-bond donors (Lipinski definition) is 2. The maximum absolute atomic E-state index is 12.1. The Morgan fingerprint density at radius 1 is 1.42 bits per heavy atom. The molecule has 0 aromatic heterocycles. The number of carbonyl (C=O) groups excluding carboxylic acids is 2. The van der Waals surface area contributed by atoms with Crippen LogP contribution in [0.15, 0.2) is 34.9 Å². The van der Waals surface area contributed by atoms with Gasteiger partial charge in [-0.25, -0.2) is 0 Å². The van der Waals surface area contributed by atoms with E-state index in [1.165, 1.54) is 11.8 Å². The fourth-order valence-electron chi connectivity index (χ4n) is 2.65. The van der Waals surface area contributed by atoms with E-state index < -0.39 is 0 Å². The Morgan fingerprint density at radius 3 is 2.77 bits per heavy atom. The molecule has 1 aliphatic heterocycles. The Hall–Kier alpha value is -2.46. The van der Waals surface area contributed by atoms with Crippen molar-refractivity contribution < 1.29 is 14.3 Å². The van der Waals surface area contributed by atoms with Crippen LogP contribution in [0.3, 0.4) is 0 Å². The number of nitriles is 1. The summed E-state index contributed by atoms with van der Waals surface area (Å²) in [5.41, 5.74) is 1.36. The first-order chi connectivity index (χ1) is 12.6. The molecule has 2 N–H and O–H groups in total. The van der Waals surface area contributed by atoms with E-state index in [0.717, 1.165) is 24.2 Å². The average molecular weight is 373 g/mol. The van der Waals surface area contributed by atoms with Crippen LogP contribution in [-0.2, 0) is 9.59 Å². The summed E-state index contributed by atoms with van der Waals surface area (Å²) in [6.45, 7) is 2.70. The number of unbranched alkanes of at least 4 members (excludes halogenated alkanes) is 1. The van der Waals surface area contributed by atoms with Gasteiger partial charge in [-0.15, -0.1) is 0 Å². The molecule has 0 spiro atoms. The lowest BCUT2D eigenvalue weighted by Crippen LogP contribution is -2.32. The number of nitrogens with one attached hydrogen (secondary N) is 2. The third-order valence-electron chi connectivity index (χ3n) is 4.07. The molecule has 0 unspecified atom stereocenters. The van der Waals surface area contributed by atoms with Gasteiger partial charge in [-0.05, 0) is 24.1 Å². The summed E-state index contributed by atoms with van der Waals surface area (Å²) in [5, 5.41) is 15.7. The first-order valence-electron chi connectivity index (χ1n) is 8.56. The van der Waals surface area contributed by atoms with Crippen molar-refractivity contribution in [3.05, 3.63) is 40.4 Å². The fourth-order valence-corrected chi connectivity index (χ4v) is 3.55. The lowest BCUT2D eigenvalue weighted by Gasteiger charge is -2.25. The topological polar surface area (TPSA) is 91.2 Å². The minimum absolute atomic E-state index is 0.103. The standard InChI is InChI=1S/C19H23N3O3S/c1-3-4-9-21-18(24)12-26-19-16(11-20)15(10-17(23)22-19)13-5-7-14(25-2)8-6-13/h5-8,15H,3-4,9-10,12H2,1-2H3,(H,21,24)(H,22,23)/t15-/m0/s1. The van der Waals surface area contributed by atoms with Crippen molar-refractivity contribution in [2.45, 2.75) is 32.1 Å². The minimum atomic E-state index is -0.315. The first kappa shape index (κ1) is 19.9. The van der Waals surface area contributed by atoms with Gasteiger partial charge in [-0.2, -0.15) is 5.26 Å². The second-order valence-corrected chi connectivity index (χ2v) is 6.91. The molecule has 1 aromatic rings. The number of allylic oxidation sites excluding steroid dienone is 1. The Labute approximate surface area is 158 Å². The van der Waals surface area contributed by atoms with E-state index in [0.29, 0.717) is 17.1 Å². The Morgan fingerprint density at radius 2 is 2.15 bits per heavy atom. The van der Waals surface area contributed by atoms with E-state index in [4.69, 9.17) is 4.74 Å². The van der Waals surface area contributed by atoms with Gasteiger partial charge in [0.05, 0.1) is 29.5 Å². The third kappa shape index (κ3) is 5.27. The zero-order valence-corrected chi connectivity index (χ0v) is 15.8. The van der Waals surface area contributed by atoms with E-state index in [1.54, 1.807) is 7.11 Å². The van der Waals surface area contributed by atoms with Crippen molar-refractivity contribution in [2.75, 3.05) is 19.4 Å². The summed E-state index contributed by atoms with van der Waals surface area (Å²) in [7, 11) is 1.59. The van der Waals surface area contributed by atoms with Gasteiger partial charge in [0.15, 0.2) is 0 Å². The van der Waals surface area contributed by atoms with Gasteiger partial charge in [0.1, 0.15) is 5.75 Å². The van der Waals surface area contributed by atoms with Crippen LogP contribution in [0.25, 0.3) is 0 Å². The van der Waals surface area contributed by atoms with Crippen LogP contribution in [-0.4, -0.2) is 31.2 Å². The van der Waals surface area contributed by atoms with Crippen molar-refractivity contribution in [3.63, 3.8) is 0 Å². The number of nitrogens with zero attached hydrogens (tertiary/aromatic N) is 1. The second-order valence-electron chi connectivity index (χ2n) is 5.92. The molecule has 0 aliphatic carbocycles. The summed E-state index contributed by atoms with van der Waals surface area (Å²) < 4.78 is 5.15. The maximum atomic E-state index is 12.1. The van der Waals surface area contributed by atoms with Gasteiger partial charge >= 0.3 is 0 Å². The summed E-state index contributed by atoms with van der Waals surface area (Å²) >= 11 is 1.19. The Balaban J connectivity index is 2.14. The Bertz CT molecular complexity index is 723. The molecule has 1 aliphatic rings. The summed E-state index contributed by atoms with van der Waals surface area (Å²) in [6.07, 6.45) is 2.15. The quantitative estimate of drug-likeness (QED) is 0.684. The summed E-state index contributed by atoms with van der Waals surface area (Å²) in [6, 6.07) is 9.55. The van der Waals surface area contributed by atoms with E-state index in [1.807, 2.05) is 24.3 Å². The molecule has 0 bridgehead atoms. The summed E-state index contributed by atoms with van der Waals surface area (Å²) in [4.78, 5) is 24.0. The van der Waals surface area contributed by atoms with Crippen molar-refractivity contribution in [2.24, 2.45) is 0 Å². The number of rotatable bonds is 8. The minimum Gasteiger partial charge on any atom is -0.497 e. The van der Waals surface area contributed by atoms with Crippen LogP contribution in [0.5, 0.6) is 5.75 Å². The molecule has 6 nitrogen and oxygen atoms in total. The van der Waals surface area contributed by atoms with Crippen molar-refractivity contribution >= 4 is 23.6 Å². The zero-order chi connectivity index (χ0) is 18.9. The maximum Gasteiger partial charge on any atom is 0.230 e. The molecule has 2 amide bonds. The molecule has 0 radical (unpaired) electrons.